The molecule has 1 aromatic heterocycles. The van der Waals surface area contributed by atoms with Gasteiger partial charge in [0.05, 0.1) is 16.9 Å². The van der Waals surface area contributed by atoms with E-state index in [0.29, 0.717) is 5.92 Å². The van der Waals surface area contributed by atoms with Crippen molar-refractivity contribution in [2.75, 3.05) is 19.6 Å². The first-order chi connectivity index (χ1) is 19.5. The van der Waals surface area contributed by atoms with Crippen LogP contribution in [0.15, 0.2) is 97.1 Å². The number of halogens is 3. The van der Waals surface area contributed by atoms with Crippen LogP contribution in [0.5, 0.6) is 0 Å². The van der Waals surface area contributed by atoms with Crippen LogP contribution in [-0.2, 0) is 0 Å². The summed E-state index contributed by atoms with van der Waals surface area (Å²) in [7, 11) is 0. The first-order valence-corrected chi connectivity index (χ1v) is 14.0. The molecule has 0 bridgehead atoms. The molecule has 1 saturated heterocycles. The molecule has 0 N–H and O–H groups in total. The van der Waals surface area contributed by atoms with Gasteiger partial charge in [0.25, 0.3) is 0 Å². The van der Waals surface area contributed by atoms with E-state index >= 15 is 0 Å². The van der Waals surface area contributed by atoms with Crippen LogP contribution in [-0.4, -0.2) is 34.3 Å². The molecule has 0 unspecified atom stereocenters. The first kappa shape index (κ1) is 26.3. The first-order valence-electron chi connectivity index (χ1n) is 14.0. The minimum atomic E-state index is -0.259. The number of rotatable bonds is 8. The van der Waals surface area contributed by atoms with Crippen molar-refractivity contribution >= 4 is 10.9 Å². The second-order valence-corrected chi connectivity index (χ2v) is 10.7. The molecule has 204 valence electrons. The molecule has 0 spiro atoms. The van der Waals surface area contributed by atoms with Crippen LogP contribution in [0.25, 0.3) is 16.6 Å². The lowest BCUT2D eigenvalue weighted by atomic mass is 9.87. The fraction of sp³-hybridized carbons (Fsp3) is 0.265. The molecule has 0 saturated carbocycles. The number of benzene rings is 4. The summed E-state index contributed by atoms with van der Waals surface area (Å²) in [4.78, 5) is 2.50. The average Bonchev–Trinajstić information content (AvgIpc) is 3.36. The van der Waals surface area contributed by atoms with Gasteiger partial charge in [0.1, 0.15) is 17.5 Å². The van der Waals surface area contributed by atoms with Crippen molar-refractivity contribution in [2.45, 2.75) is 37.5 Å². The summed E-state index contributed by atoms with van der Waals surface area (Å²) >= 11 is 0. The van der Waals surface area contributed by atoms with Crippen molar-refractivity contribution < 1.29 is 13.2 Å². The summed E-state index contributed by atoms with van der Waals surface area (Å²) in [5, 5.41) is 6.01. The van der Waals surface area contributed by atoms with Crippen molar-refractivity contribution in [1.82, 2.24) is 14.7 Å². The highest BCUT2D eigenvalue weighted by atomic mass is 19.1. The summed E-state index contributed by atoms with van der Waals surface area (Å²) in [6.45, 7) is 2.92. The zero-order valence-corrected chi connectivity index (χ0v) is 22.3. The molecule has 2 heterocycles. The van der Waals surface area contributed by atoms with E-state index in [1.54, 1.807) is 6.07 Å². The third-order valence-corrected chi connectivity index (χ3v) is 8.16. The fourth-order valence-corrected chi connectivity index (χ4v) is 6.04. The molecule has 1 aliphatic rings. The molecule has 0 amide bonds. The molecule has 1 aliphatic heterocycles. The highest BCUT2D eigenvalue weighted by Crippen LogP contribution is 2.35. The zero-order valence-electron chi connectivity index (χ0n) is 22.3. The Kier molecular flexibility index (Phi) is 7.69. The molecular weight excluding hydrogens is 507 g/mol. The number of fused-ring (bicyclic) bond motifs is 1. The maximum Gasteiger partial charge on any atom is 0.125 e. The standard InChI is InChI=1S/C34H32F3N3/c35-27-12-8-24(9-13-27)31(25-10-14-28(36)15-11-25)7-4-20-39-21-18-26(19-22-39)34-32-17-16-29(37)23-33(32)40(38-34)30-5-2-1-3-6-30/h1-3,5-6,8-17,23,26,31H,4,7,18-22H2. The number of likely N-dealkylation sites (tertiary alicyclic amines) is 1. The van der Waals surface area contributed by atoms with Crippen LogP contribution < -0.4 is 0 Å². The van der Waals surface area contributed by atoms with E-state index in [1.807, 2.05) is 65.3 Å². The van der Waals surface area contributed by atoms with Gasteiger partial charge in [0, 0.05) is 23.3 Å². The summed E-state index contributed by atoms with van der Waals surface area (Å²) in [6, 6.07) is 28.2. The summed E-state index contributed by atoms with van der Waals surface area (Å²) < 4.78 is 43.2. The predicted octanol–water partition coefficient (Wildman–Crippen LogP) is 8.23. The van der Waals surface area contributed by atoms with E-state index in [9.17, 15) is 13.2 Å². The van der Waals surface area contributed by atoms with E-state index < -0.39 is 0 Å². The fourth-order valence-electron chi connectivity index (χ4n) is 6.04. The van der Waals surface area contributed by atoms with Crippen molar-refractivity contribution in [3.8, 4) is 5.69 Å². The van der Waals surface area contributed by atoms with Gasteiger partial charge in [-0.2, -0.15) is 5.10 Å². The lowest BCUT2D eigenvalue weighted by molar-refractivity contribution is 0.207. The Hall–Kier alpha value is -3.90. The molecule has 5 aromatic rings. The van der Waals surface area contributed by atoms with Crippen LogP contribution in [0, 0.1) is 17.5 Å². The van der Waals surface area contributed by atoms with Crippen molar-refractivity contribution in [3.63, 3.8) is 0 Å². The van der Waals surface area contributed by atoms with E-state index in [4.69, 9.17) is 5.10 Å². The monoisotopic (exact) mass is 539 g/mol. The van der Waals surface area contributed by atoms with E-state index in [1.165, 1.54) is 30.3 Å². The number of aromatic nitrogens is 2. The van der Waals surface area contributed by atoms with Gasteiger partial charge in [-0.25, -0.2) is 17.9 Å². The summed E-state index contributed by atoms with van der Waals surface area (Å²) in [5.74, 6) is -0.356. The second-order valence-electron chi connectivity index (χ2n) is 10.7. The lowest BCUT2D eigenvalue weighted by Crippen LogP contribution is -2.34. The third kappa shape index (κ3) is 5.68. The van der Waals surface area contributed by atoms with Gasteiger partial charge in [-0.3, -0.25) is 0 Å². The number of piperidine rings is 1. The molecule has 0 aliphatic carbocycles. The van der Waals surface area contributed by atoms with Gasteiger partial charge in [-0.15, -0.1) is 0 Å². The zero-order chi connectivity index (χ0) is 27.5. The highest BCUT2D eigenvalue weighted by molar-refractivity contribution is 5.84. The van der Waals surface area contributed by atoms with Crippen molar-refractivity contribution in [2.24, 2.45) is 0 Å². The molecular formula is C34H32F3N3. The topological polar surface area (TPSA) is 21.1 Å². The van der Waals surface area contributed by atoms with E-state index in [2.05, 4.69) is 4.90 Å². The van der Waals surface area contributed by atoms with Gasteiger partial charge < -0.3 is 4.90 Å². The van der Waals surface area contributed by atoms with Gasteiger partial charge in [-0.1, -0.05) is 42.5 Å². The van der Waals surface area contributed by atoms with Crippen LogP contribution in [0.4, 0.5) is 13.2 Å². The lowest BCUT2D eigenvalue weighted by Gasteiger charge is -2.31. The second kappa shape index (κ2) is 11.7. The molecule has 6 rings (SSSR count). The molecule has 4 aromatic carbocycles. The molecule has 0 radical (unpaired) electrons. The number of hydrogen-bond donors (Lipinski definition) is 0. The van der Waals surface area contributed by atoms with E-state index in [-0.39, 0.29) is 23.4 Å². The quantitative estimate of drug-likeness (QED) is 0.198. The average molecular weight is 540 g/mol. The van der Waals surface area contributed by atoms with E-state index in [0.717, 1.165) is 78.7 Å². The van der Waals surface area contributed by atoms with Gasteiger partial charge >= 0.3 is 0 Å². The van der Waals surface area contributed by atoms with Crippen LogP contribution in [0.2, 0.25) is 0 Å². The Balaban J connectivity index is 1.12. The Labute approximate surface area is 232 Å². The van der Waals surface area contributed by atoms with Crippen LogP contribution in [0.1, 0.15) is 54.3 Å². The minimum absolute atomic E-state index is 0.0902. The Morgan fingerprint density at radius 3 is 1.95 bits per heavy atom. The molecule has 3 nitrogen and oxygen atoms in total. The summed E-state index contributed by atoms with van der Waals surface area (Å²) in [6.07, 6.45) is 3.87. The molecule has 40 heavy (non-hydrogen) atoms. The Morgan fingerprint density at radius 1 is 0.725 bits per heavy atom. The normalized spacial score (nSPS) is 14.8. The predicted molar refractivity (Wildman–Crippen MR) is 153 cm³/mol. The SMILES string of the molecule is Fc1ccc(C(CCCN2CCC(c3nn(-c4ccccc4)c4cc(F)ccc34)CC2)c2ccc(F)cc2)cc1. The number of hydrogen-bond acceptors (Lipinski definition) is 2. The minimum Gasteiger partial charge on any atom is -0.303 e. The third-order valence-electron chi connectivity index (χ3n) is 8.16. The number of para-hydroxylation sites is 1. The Bertz CT molecular complexity index is 1510. The maximum atomic E-state index is 14.2. The van der Waals surface area contributed by atoms with Crippen LogP contribution in [0.3, 0.4) is 0 Å². The van der Waals surface area contributed by atoms with Gasteiger partial charge in [0.2, 0.25) is 0 Å². The van der Waals surface area contributed by atoms with Gasteiger partial charge in [0.15, 0.2) is 0 Å². The molecule has 0 atom stereocenters. The van der Waals surface area contributed by atoms with Crippen molar-refractivity contribution in [3.05, 3.63) is 131 Å². The molecule has 1 fully saturated rings. The Morgan fingerprint density at radius 2 is 1.32 bits per heavy atom. The molecule has 6 heteroatoms. The maximum absolute atomic E-state index is 14.2. The smallest absolute Gasteiger partial charge is 0.125 e. The summed E-state index contributed by atoms with van der Waals surface area (Å²) in [5.41, 5.74) is 4.87. The van der Waals surface area contributed by atoms with Crippen LogP contribution >= 0.6 is 0 Å². The number of nitrogens with zero attached hydrogens (tertiary/aromatic N) is 3. The highest BCUT2D eigenvalue weighted by Gasteiger charge is 2.26. The largest absolute Gasteiger partial charge is 0.303 e. The van der Waals surface area contributed by atoms with Gasteiger partial charge in [-0.05, 0) is 105 Å². The van der Waals surface area contributed by atoms with Crippen molar-refractivity contribution in [1.29, 1.82) is 0 Å².